The van der Waals surface area contributed by atoms with Crippen LogP contribution in [0, 0.1) is 11.2 Å². The van der Waals surface area contributed by atoms with Gasteiger partial charge < -0.3 is 0 Å². The standard InChI is InChI=1S/C13H17Cl2F/c1-9(14)7-13(2,3)8-10-4-5-11(15)6-12(10)16/h4-6,9H,7-8H2,1-3H3. The van der Waals surface area contributed by atoms with E-state index < -0.39 is 0 Å². The molecule has 0 fully saturated rings. The molecule has 0 aliphatic rings. The summed E-state index contributed by atoms with van der Waals surface area (Å²) >= 11 is 11.7. The molecule has 0 bridgehead atoms. The Morgan fingerprint density at radius 3 is 2.50 bits per heavy atom. The van der Waals surface area contributed by atoms with Crippen molar-refractivity contribution in [3.63, 3.8) is 0 Å². The number of rotatable bonds is 4. The Kier molecular flexibility index (Phi) is 4.63. The number of alkyl halides is 1. The van der Waals surface area contributed by atoms with Crippen LogP contribution in [0.5, 0.6) is 0 Å². The normalized spacial score (nSPS) is 13.9. The fraction of sp³-hybridized carbons (Fsp3) is 0.538. The summed E-state index contributed by atoms with van der Waals surface area (Å²) < 4.78 is 13.6. The van der Waals surface area contributed by atoms with Gasteiger partial charge in [-0.25, -0.2) is 4.39 Å². The number of hydrogen-bond acceptors (Lipinski definition) is 0. The lowest BCUT2D eigenvalue weighted by molar-refractivity contribution is 0.327. The van der Waals surface area contributed by atoms with Gasteiger partial charge in [0.15, 0.2) is 0 Å². The second-order valence-electron chi connectivity index (χ2n) is 5.06. The zero-order chi connectivity index (χ0) is 12.3. The minimum Gasteiger partial charge on any atom is -0.207 e. The van der Waals surface area contributed by atoms with Crippen LogP contribution < -0.4 is 0 Å². The molecule has 0 heterocycles. The Morgan fingerprint density at radius 1 is 1.38 bits per heavy atom. The van der Waals surface area contributed by atoms with Crippen molar-refractivity contribution in [1.82, 2.24) is 0 Å². The van der Waals surface area contributed by atoms with Gasteiger partial charge in [0, 0.05) is 10.4 Å². The second kappa shape index (κ2) is 5.37. The zero-order valence-electron chi connectivity index (χ0n) is 9.86. The first-order chi connectivity index (χ1) is 7.30. The molecule has 0 aliphatic carbocycles. The average Bonchev–Trinajstić information content (AvgIpc) is 2.07. The van der Waals surface area contributed by atoms with Gasteiger partial charge >= 0.3 is 0 Å². The lowest BCUT2D eigenvalue weighted by atomic mass is 9.81. The molecule has 1 aromatic rings. The first kappa shape index (κ1) is 13.8. The third-order valence-electron chi connectivity index (χ3n) is 2.52. The van der Waals surface area contributed by atoms with Gasteiger partial charge in [-0.05, 0) is 42.9 Å². The van der Waals surface area contributed by atoms with Gasteiger partial charge in [0.25, 0.3) is 0 Å². The summed E-state index contributed by atoms with van der Waals surface area (Å²) in [5.74, 6) is -0.234. The lowest BCUT2D eigenvalue weighted by Crippen LogP contribution is -2.19. The van der Waals surface area contributed by atoms with E-state index in [9.17, 15) is 4.39 Å². The minimum atomic E-state index is -0.234. The van der Waals surface area contributed by atoms with Crippen LogP contribution in [-0.2, 0) is 6.42 Å². The van der Waals surface area contributed by atoms with Gasteiger partial charge in [-0.1, -0.05) is 31.5 Å². The fourth-order valence-corrected chi connectivity index (χ4v) is 2.59. The molecule has 0 spiro atoms. The third kappa shape index (κ3) is 4.31. The average molecular weight is 263 g/mol. The molecule has 90 valence electrons. The van der Waals surface area contributed by atoms with E-state index in [0.29, 0.717) is 17.0 Å². The van der Waals surface area contributed by atoms with Crippen LogP contribution in [0.15, 0.2) is 18.2 Å². The maximum atomic E-state index is 13.6. The van der Waals surface area contributed by atoms with Crippen molar-refractivity contribution in [3.8, 4) is 0 Å². The Bertz CT molecular complexity index is 359. The molecule has 0 aromatic heterocycles. The van der Waals surface area contributed by atoms with Gasteiger partial charge in [0.05, 0.1) is 0 Å². The van der Waals surface area contributed by atoms with Crippen molar-refractivity contribution in [2.75, 3.05) is 0 Å². The molecule has 1 aromatic carbocycles. The summed E-state index contributed by atoms with van der Waals surface area (Å²) in [5, 5.41) is 0.537. The highest BCUT2D eigenvalue weighted by Gasteiger charge is 2.22. The van der Waals surface area contributed by atoms with Crippen LogP contribution in [0.2, 0.25) is 5.02 Å². The predicted octanol–water partition coefficient (Wildman–Crippen LogP) is 5.07. The second-order valence-corrected chi connectivity index (χ2v) is 6.24. The van der Waals surface area contributed by atoms with E-state index >= 15 is 0 Å². The van der Waals surface area contributed by atoms with Crippen molar-refractivity contribution in [2.24, 2.45) is 5.41 Å². The van der Waals surface area contributed by atoms with Crippen molar-refractivity contribution < 1.29 is 4.39 Å². The highest BCUT2D eigenvalue weighted by Crippen LogP contribution is 2.30. The molecule has 0 saturated carbocycles. The smallest absolute Gasteiger partial charge is 0.127 e. The van der Waals surface area contributed by atoms with Gasteiger partial charge in [-0.15, -0.1) is 11.6 Å². The van der Waals surface area contributed by atoms with Crippen LogP contribution in [0.25, 0.3) is 0 Å². The van der Waals surface area contributed by atoms with E-state index in [1.807, 2.05) is 6.92 Å². The number of hydrogen-bond donors (Lipinski definition) is 0. The number of halogens is 3. The van der Waals surface area contributed by atoms with Crippen molar-refractivity contribution >= 4 is 23.2 Å². The zero-order valence-corrected chi connectivity index (χ0v) is 11.4. The topological polar surface area (TPSA) is 0 Å². The van der Waals surface area contributed by atoms with E-state index in [4.69, 9.17) is 23.2 Å². The highest BCUT2D eigenvalue weighted by atomic mass is 35.5. The monoisotopic (exact) mass is 262 g/mol. The van der Waals surface area contributed by atoms with Crippen LogP contribution in [0.3, 0.4) is 0 Å². The Balaban J connectivity index is 2.79. The van der Waals surface area contributed by atoms with E-state index in [-0.39, 0.29) is 16.6 Å². The molecule has 0 N–H and O–H groups in total. The van der Waals surface area contributed by atoms with Gasteiger partial charge in [0.2, 0.25) is 0 Å². The molecule has 0 saturated heterocycles. The molecule has 0 aliphatic heterocycles. The van der Waals surface area contributed by atoms with E-state index in [1.165, 1.54) is 6.07 Å². The summed E-state index contributed by atoms with van der Waals surface area (Å²) in [7, 11) is 0. The predicted molar refractivity (Wildman–Crippen MR) is 68.8 cm³/mol. The maximum Gasteiger partial charge on any atom is 0.127 e. The van der Waals surface area contributed by atoms with Crippen LogP contribution in [0.1, 0.15) is 32.8 Å². The van der Waals surface area contributed by atoms with Gasteiger partial charge in [-0.3, -0.25) is 0 Å². The lowest BCUT2D eigenvalue weighted by Gasteiger charge is -2.26. The summed E-state index contributed by atoms with van der Waals surface area (Å²) in [6.07, 6.45) is 1.53. The molecule has 1 atom stereocenters. The molecule has 1 unspecified atom stereocenters. The van der Waals surface area contributed by atoms with Crippen LogP contribution in [0.4, 0.5) is 4.39 Å². The Morgan fingerprint density at radius 2 is 2.00 bits per heavy atom. The molecule has 0 radical (unpaired) electrons. The molecule has 3 heteroatoms. The molecular formula is C13H17Cl2F. The first-order valence-corrected chi connectivity index (χ1v) is 6.19. The van der Waals surface area contributed by atoms with Crippen molar-refractivity contribution in [3.05, 3.63) is 34.6 Å². The van der Waals surface area contributed by atoms with E-state index in [0.717, 1.165) is 6.42 Å². The van der Waals surface area contributed by atoms with Gasteiger partial charge in [0.1, 0.15) is 5.82 Å². The summed E-state index contributed by atoms with van der Waals surface area (Å²) in [5.41, 5.74) is 0.697. The van der Waals surface area contributed by atoms with Crippen LogP contribution >= 0.6 is 23.2 Å². The highest BCUT2D eigenvalue weighted by molar-refractivity contribution is 6.30. The van der Waals surface area contributed by atoms with Crippen molar-refractivity contribution in [2.45, 2.75) is 39.0 Å². The molecule has 16 heavy (non-hydrogen) atoms. The third-order valence-corrected chi connectivity index (χ3v) is 2.91. The SMILES string of the molecule is CC(Cl)CC(C)(C)Cc1ccc(Cl)cc1F. The largest absolute Gasteiger partial charge is 0.207 e. The summed E-state index contributed by atoms with van der Waals surface area (Å²) in [4.78, 5) is 0. The minimum absolute atomic E-state index is 0.00413. The fourth-order valence-electron chi connectivity index (χ4n) is 2.01. The van der Waals surface area contributed by atoms with E-state index in [1.54, 1.807) is 12.1 Å². The molecule has 0 nitrogen and oxygen atoms in total. The Hall–Kier alpha value is -0.270. The first-order valence-electron chi connectivity index (χ1n) is 5.38. The number of benzene rings is 1. The van der Waals surface area contributed by atoms with E-state index in [2.05, 4.69) is 13.8 Å². The summed E-state index contributed by atoms with van der Waals surface area (Å²) in [6, 6.07) is 4.83. The summed E-state index contributed by atoms with van der Waals surface area (Å²) in [6.45, 7) is 6.15. The molecule has 0 amide bonds. The molecular weight excluding hydrogens is 246 g/mol. The van der Waals surface area contributed by atoms with Crippen LogP contribution in [-0.4, -0.2) is 5.38 Å². The molecule has 1 rings (SSSR count). The maximum absolute atomic E-state index is 13.6. The quantitative estimate of drug-likeness (QED) is 0.665. The van der Waals surface area contributed by atoms with Gasteiger partial charge in [-0.2, -0.15) is 0 Å². The van der Waals surface area contributed by atoms with Crippen molar-refractivity contribution in [1.29, 1.82) is 0 Å². The Labute approximate surface area is 107 Å².